The van der Waals surface area contributed by atoms with E-state index in [1.807, 2.05) is 36.4 Å². The molecule has 3 heteroatoms. The zero-order valence-corrected chi connectivity index (χ0v) is 12.9. The molecule has 0 saturated heterocycles. The standard InChI is InChI=1S/C18H18ClNO/c1-13(2)7-8-14-9-11-15(12-10-14)18(21)20-17-6-4-3-5-16(17)19/h3-13H,1-2H3,(H,20,21). The van der Waals surface area contributed by atoms with E-state index < -0.39 is 0 Å². The van der Waals surface area contributed by atoms with Crippen molar-refractivity contribution in [3.8, 4) is 0 Å². The molecule has 2 aromatic rings. The predicted octanol–water partition coefficient (Wildman–Crippen LogP) is 5.26. The summed E-state index contributed by atoms with van der Waals surface area (Å²) >= 11 is 6.03. The third-order valence-electron chi connectivity index (χ3n) is 2.97. The van der Waals surface area contributed by atoms with E-state index in [-0.39, 0.29) is 5.91 Å². The normalized spacial score (nSPS) is 11.0. The largest absolute Gasteiger partial charge is 0.321 e. The molecule has 0 aromatic heterocycles. The second-order valence-electron chi connectivity index (χ2n) is 5.16. The summed E-state index contributed by atoms with van der Waals surface area (Å²) in [5.41, 5.74) is 2.31. The average Bonchev–Trinajstić information content (AvgIpc) is 2.48. The van der Waals surface area contributed by atoms with Gasteiger partial charge in [-0.25, -0.2) is 0 Å². The van der Waals surface area contributed by atoms with Crippen molar-refractivity contribution < 1.29 is 4.79 Å². The highest BCUT2D eigenvalue weighted by atomic mass is 35.5. The Morgan fingerprint density at radius 3 is 2.38 bits per heavy atom. The molecule has 1 amide bonds. The number of carbonyl (C=O) groups excluding carboxylic acids is 1. The average molecular weight is 300 g/mol. The summed E-state index contributed by atoms with van der Waals surface area (Å²) in [6.45, 7) is 4.25. The van der Waals surface area contributed by atoms with Crippen molar-refractivity contribution in [1.82, 2.24) is 0 Å². The Morgan fingerprint density at radius 1 is 1.10 bits per heavy atom. The molecule has 2 aromatic carbocycles. The molecule has 0 spiro atoms. The topological polar surface area (TPSA) is 29.1 Å². The van der Waals surface area contributed by atoms with Crippen LogP contribution in [0, 0.1) is 5.92 Å². The van der Waals surface area contributed by atoms with Crippen LogP contribution in [0.15, 0.2) is 54.6 Å². The van der Waals surface area contributed by atoms with Gasteiger partial charge in [-0.1, -0.05) is 61.9 Å². The SMILES string of the molecule is CC(C)C=Cc1ccc(C(=O)Nc2ccccc2Cl)cc1. The van der Waals surface area contributed by atoms with Crippen LogP contribution in [0.4, 0.5) is 5.69 Å². The Labute approximate surface area is 130 Å². The highest BCUT2D eigenvalue weighted by Gasteiger charge is 2.07. The molecule has 0 aliphatic heterocycles. The van der Waals surface area contributed by atoms with Gasteiger partial charge in [0, 0.05) is 5.56 Å². The van der Waals surface area contributed by atoms with Gasteiger partial charge in [0.25, 0.3) is 5.91 Å². The van der Waals surface area contributed by atoms with Crippen molar-refractivity contribution in [2.75, 3.05) is 5.32 Å². The lowest BCUT2D eigenvalue weighted by molar-refractivity contribution is 0.102. The third-order valence-corrected chi connectivity index (χ3v) is 3.30. The first-order valence-electron chi connectivity index (χ1n) is 6.90. The molecule has 0 aliphatic carbocycles. The Balaban J connectivity index is 2.08. The first-order valence-corrected chi connectivity index (χ1v) is 7.28. The lowest BCUT2D eigenvalue weighted by Crippen LogP contribution is -2.11. The summed E-state index contributed by atoms with van der Waals surface area (Å²) in [6, 6.07) is 14.7. The molecule has 0 bridgehead atoms. The molecule has 0 aliphatic rings. The van der Waals surface area contributed by atoms with Crippen molar-refractivity contribution in [2.45, 2.75) is 13.8 Å². The van der Waals surface area contributed by atoms with Crippen LogP contribution in [0.25, 0.3) is 6.08 Å². The first kappa shape index (κ1) is 15.3. The van der Waals surface area contributed by atoms with Crippen LogP contribution in [-0.4, -0.2) is 5.91 Å². The smallest absolute Gasteiger partial charge is 0.255 e. The minimum Gasteiger partial charge on any atom is -0.321 e. The summed E-state index contributed by atoms with van der Waals surface area (Å²) in [6.07, 6.45) is 4.18. The Hall–Kier alpha value is -2.06. The molecular weight excluding hydrogens is 282 g/mol. The minimum atomic E-state index is -0.164. The molecule has 0 heterocycles. The third kappa shape index (κ3) is 4.47. The fraction of sp³-hybridized carbons (Fsp3) is 0.167. The van der Waals surface area contributed by atoms with E-state index in [9.17, 15) is 4.79 Å². The number of nitrogens with one attached hydrogen (secondary N) is 1. The van der Waals surface area contributed by atoms with Crippen LogP contribution in [0.1, 0.15) is 29.8 Å². The fourth-order valence-corrected chi connectivity index (χ4v) is 1.99. The van der Waals surface area contributed by atoms with Gasteiger partial charge in [0.05, 0.1) is 10.7 Å². The second kappa shape index (κ2) is 7.09. The molecule has 2 nitrogen and oxygen atoms in total. The number of benzene rings is 2. The van der Waals surface area contributed by atoms with E-state index in [2.05, 4.69) is 31.3 Å². The Morgan fingerprint density at radius 2 is 1.76 bits per heavy atom. The Kier molecular flexibility index (Phi) is 5.18. The van der Waals surface area contributed by atoms with Crippen molar-refractivity contribution >= 4 is 29.3 Å². The van der Waals surface area contributed by atoms with Crippen LogP contribution in [0.2, 0.25) is 5.02 Å². The van der Waals surface area contributed by atoms with Gasteiger partial charge in [-0.2, -0.15) is 0 Å². The lowest BCUT2D eigenvalue weighted by Gasteiger charge is -2.07. The van der Waals surface area contributed by atoms with Gasteiger partial charge < -0.3 is 5.32 Å². The van der Waals surface area contributed by atoms with Gasteiger partial charge >= 0.3 is 0 Å². The van der Waals surface area contributed by atoms with Crippen molar-refractivity contribution in [2.24, 2.45) is 5.92 Å². The molecular formula is C18H18ClNO. The summed E-state index contributed by atoms with van der Waals surface area (Å²) in [4.78, 5) is 12.2. The van der Waals surface area contributed by atoms with E-state index in [1.165, 1.54) is 0 Å². The summed E-state index contributed by atoms with van der Waals surface area (Å²) in [5.74, 6) is 0.343. The fourth-order valence-electron chi connectivity index (χ4n) is 1.81. The number of allylic oxidation sites excluding steroid dienone is 1. The molecule has 108 valence electrons. The maximum Gasteiger partial charge on any atom is 0.255 e. The van der Waals surface area contributed by atoms with Crippen molar-refractivity contribution in [1.29, 1.82) is 0 Å². The monoisotopic (exact) mass is 299 g/mol. The van der Waals surface area contributed by atoms with E-state index in [1.54, 1.807) is 12.1 Å². The van der Waals surface area contributed by atoms with Gasteiger partial charge in [-0.05, 0) is 35.7 Å². The molecule has 0 fully saturated rings. The second-order valence-corrected chi connectivity index (χ2v) is 5.57. The predicted molar refractivity (Wildman–Crippen MR) is 89.7 cm³/mol. The minimum absolute atomic E-state index is 0.164. The molecule has 1 N–H and O–H groups in total. The first-order chi connectivity index (χ1) is 10.1. The van der Waals surface area contributed by atoms with Gasteiger partial charge in [-0.3, -0.25) is 4.79 Å². The van der Waals surface area contributed by atoms with Crippen molar-refractivity contribution in [3.63, 3.8) is 0 Å². The van der Waals surface area contributed by atoms with E-state index in [0.29, 0.717) is 22.2 Å². The summed E-state index contributed by atoms with van der Waals surface area (Å²) < 4.78 is 0. The van der Waals surface area contributed by atoms with Gasteiger partial charge in [-0.15, -0.1) is 0 Å². The van der Waals surface area contributed by atoms with Gasteiger partial charge in [0.15, 0.2) is 0 Å². The highest BCUT2D eigenvalue weighted by Crippen LogP contribution is 2.21. The quantitative estimate of drug-likeness (QED) is 0.819. The number of rotatable bonds is 4. The van der Waals surface area contributed by atoms with E-state index in [0.717, 1.165) is 5.56 Å². The van der Waals surface area contributed by atoms with Crippen LogP contribution in [0.3, 0.4) is 0 Å². The van der Waals surface area contributed by atoms with Crippen LogP contribution in [0.5, 0.6) is 0 Å². The number of amides is 1. The molecule has 0 saturated carbocycles. The maximum absolute atomic E-state index is 12.2. The molecule has 2 rings (SSSR count). The zero-order valence-electron chi connectivity index (χ0n) is 12.1. The zero-order chi connectivity index (χ0) is 15.2. The number of halogens is 1. The summed E-state index contributed by atoms with van der Waals surface area (Å²) in [5, 5.41) is 3.34. The van der Waals surface area contributed by atoms with Crippen LogP contribution >= 0.6 is 11.6 Å². The number of hydrogen-bond acceptors (Lipinski definition) is 1. The molecule has 0 unspecified atom stereocenters. The highest BCUT2D eigenvalue weighted by molar-refractivity contribution is 6.33. The summed E-state index contributed by atoms with van der Waals surface area (Å²) in [7, 11) is 0. The number of hydrogen-bond donors (Lipinski definition) is 1. The Bertz CT molecular complexity index is 645. The molecule has 0 radical (unpaired) electrons. The van der Waals surface area contributed by atoms with Gasteiger partial charge in [0.2, 0.25) is 0 Å². The van der Waals surface area contributed by atoms with Crippen molar-refractivity contribution in [3.05, 3.63) is 70.8 Å². The molecule has 21 heavy (non-hydrogen) atoms. The van der Waals surface area contributed by atoms with Crippen LogP contribution < -0.4 is 5.32 Å². The van der Waals surface area contributed by atoms with Crippen LogP contribution in [-0.2, 0) is 0 Å². The van der Waals surface area contributed by atoms with E-state index >= 15 is 0 Å². The number of para-hydroxylation sites is 1. The van der Waals surface area contributed by atoms with E-state index in [4.69, 9.17) is 11.6 Å². The van der Waals surface area contributed by atoms with Gasteiger partial charge in [0.1, 0.15) is 0 Å². The number of carbonyl (C=O) groups is 1. The molecule has 0 atom stereocenters. The lowest BCUT2D eigenvalue weighted by atomic mass is 10.1. The number of anilines is 1. The maximum atomic E-state index is 12.2.